The number of anilines is 1. The largest absolute Gasteiger partial charge is 0.472 e. The molecule has 0 bridgehead atoms. The normalized spacial score (nSPS) is 17.4. The lowest BCUT2D eigenvalue weighted by Gasteiger charge is -2.25. The van der Waals surface area contributed by atoms with Gasteiger partial charge in [0.05, 0.1) is 35.0 Å². The fourth-order valence-electron chi connectivity index (χ4n) is 6.02. The Kier molecular flexibility index (Phi) is 7.94. The third-order valence-corrected chi connectivity index (χ3v) is 8.11. The maximum atomic E-state index is 13.3. The molecular formula is C32H35N5O5. The van der Waals surface area contributed by atoms with Crippen molar-refractivity contribution in [2.75, 3.05) is 25.0 Å². The number of rotatable bonds is 7. The number of esters is 1. The zero-order valence-electron chi connectivity index (χ0n) is 23.7. The first-order chi connectivity index (χ1) is 20.5. The van der Waals surface area contributed by atoms with Crippen LogP contribution in [0.25, 0.3) is 22.4 Å². The third kappa shape index (κ3) is 5.74. The van der Waals surface area contributed by atoms with E-state index in [1.807, 2.05) is 24.3 Å². The first-order valence-electron chi connectivity index (χ1n) is 14.7. The van der Waals surface area contributed by atoms with Crippen LogP contribution < -0.4 is 10.6 Å². The first kappa shape index (κ1) is 27.6. The second kappa shape index (κ2) is 12.1. The van der Waals surface area contributed by atoms with Gasteiger partial charge in [-0.2, -0.15) is 0 Å². The minimum atomic E-state index is -0.436. The Morgan fingerprint density at radius 3 is 2.67 bits per heavy atom. The molecule has 0 radical (unpaired) electrons. The lowest BCUT2D eigenvalue weighted by Crippen LogP contribution is -2.39. The number of ether oxygens (including phenoxy) is 1. The van der Waals surface area contributed by atoms with Gasteiger partial charge in [0.25, 0.3) is 5.91 Å². The molecule has 3 amide bonds. The number of nitrogens with zero attached hydrogens (tertiary/aromatic N) is 3. The number of amides is 3. The number of nitrogens with one attached hydrogen (secondary N) is 2. The predicted octanol–water partition coefficient (Wildman–Crippen LogP) is 6.01. The monoisotopic (exact) mass is 569 g/mol. The van der Waals surface area contributed by atoms with Crippen molar-refractivity contribution in [1.82, 2.24) is 19.8 Å². The average Bonchev–Trinajstić information content (AvgIpc) is 3.78. The second-order valence-corrected chi connectivity index (χ2v) is 10.9. The van der Waals surface area contributed by atoms with Crippen LogP contribution in [0.15, 0.2) is 65.5 Å². The molecule has 1 aliphatic carbocycles. The molecule has 218 valence electrons. The number of likely N-dealkylation sites (tertiary alicyclic amines) is 1. The molecule has 1 aliphatic heterocycles. The van der Waals surface area contributed by atoms with Crippen LogP contribution in [0.5, 0.6) is 0 Å². The molecule has 2 aromatic heterocycles. The van der Waals surface area contributed by atoms with Gasteiger partial charge in [-0.3, -0.25) is 4.79 Å². The summed E-state index contributed by atoms with van der Waals surface area (Å²) >= 11 is 0. The van der Waals surface area contributed by atoms with Crippen molar-refractivity contribution in [2.24, 2.45) is 0 Å². The zero-order chi connectivity index (χ0) is 29.1. The van der Waals surface area contributed by atoms with Crippen molar-refractivity contribution in [3.05, 3.63) is 72.2 Å². The topological polar surface area (TPSA) is 119 Å². The number of hydrogen-bond acceptors (Lipinski definition) is 6. The molecule has 6 rings (SSSR count). The molecule has 2 N–H and O–H groups in total. The molecule has 2 aliphatic rings. The van der Waals surface area contributed by atoms with Crippen LogP contribution in [-0.2, 0) is 4.74 Å². The second-order valence-electron chi connectivity index (χ2n) is 10.9. The summed E-state index contributed by atoms with van der Waals surface area (Å²) < 4.78 is 12.7. The van der Waals surface area contributed by atoms with E-state index in [4.69, 9.17) is 14.1 Å². The van der Waals surface area contributed by atoms with Crippen LogP contribution in [0, 0.1) is 0 Å². The number of urea groups is 1. The molecule has 4 aromatic rings. The van der Waals surface area contributed by atoms with Gasteiger partial charge in [-0.1, -0.05) is 25.3 Å². The van der Waals surface area contributed by atoms with E-state index < -0.39 is 5.97 Å². The quantitative estimate of drug-likeness (QED) is 0.263. The van der Waals surface area contributed by atoms with Crippen molar-refractivity contribution in [3.8, 4) is 11.4 Å². The zero-order valence-corrected chi connectivity index (χ0v) is 23.7. The van der Waals surface area contributed by atoms with Crippen LogP contribution in [0.4, 0.5) is 10.5 Å². The number of furan rings is 1. The van der Waals surface area contributed by atoms with Gasteiger partial charge in [0.1, 0.15) is 12.1 Å². The predicted molar refractivity (Wildman–Crippen MR) is 158 cm³/mol. The van der Waals surface area contributed by atoms with E-state index in [-0.39, 0.29) is 24.6 Å². The third-order valence-electron chi connectivity index (χ3n) is 8.11. The van der Waals surface area contributed by atoms with E-state index in [9.17, 15) is 14.4 Å². The van der Waals surface area contributed by atoms with E-state index in [0.29, 0.717) is 42.4 Å². The van der Waals surface area contributed by atoms with Gasteiger partial charge in [-0.05, 0) is 68.7 Å². The van der Waals surface area contributed by atoms with Gasteiger partial charge >= 0.3 is 12.0 Å². The van der Waals surface area contributed by atoms with E-state index in [1.165, 1.54) is 19.3 Å². The Morgan fingerprint density at radius 1 is 1.02 bits per heavy atom. The van der Waals surface area contributed by atoms with Gasteiger partial charge < -0.3 is 29.3 Å². The summed E-state index contributed by atoms with van der Waals surface area (Å²) in [4.78, 5) is 44.8. The molecule has 1 saturated heterocycles. The highest BCUT2D eigenvalue weighted by atomic mass is 16.5. The molecule has 1 saturated carbocycles. The van der Waals surface area contributed by atoms with Crippen molar-refractivity contribution in [2.45, 2.75) is 57.5 Å². The first-order valence-corrected chi connectivity index (χ1v) is 14.7. The van der Waals surface area contributed by atoms with Gasteiger partial charge in [-0.25, -0.2) is 14.6 Å². The molecule has 2 fully saturated rings. The Bertz CT molecular complexity index is 1590. The number of benzene rings is 2. The lowest BCUT2D eigenvalue weighted by atomic mass is 9.95. The summed E-state index contributed by atoms with van der Waals surface area (Å²) in [6.07, 6.45) is 9.90. The van der Waals surface area contributed by atoms with Crippen LogP contribution in [0.3, 0.4) is 0 Å². The van der Waals surface area contributed by atoms with Gasteiger partial charge in [0.2, 0.25) is 0 Å². The molecule has 10 nitrogen and oxygen atoms in total. The average molecular weight is 570 g/mol. The number of imidazole rings is 1. The fourth-order valence-corrected chi connectivity index (χ4v) is 6.02. The maximum absolute atomic E-state index is 13.3. The van der Waals surface area contributed by atoms with Gasteiger partial charge in [-0.15, -0.1) is 0 Å². The van der Waals surface area contributed by atoms with E-state index >= 15 is 0 Å². The highest BCUT2D eigenvalue weighted by Gasteiger charge is 2.28. The van der Waals surface area contributed by atoms with Crippen LogP contribution in [-0.4, -0.2) is 58.1 Å². The fraction of sp³-hybridized carbons (Fsp3) is 0.375. The smallest absolute Gasteiger partial charge is 0.338 e. The van der Waals surface area contributed by atoms with Crippen LogP contribution in [0.1, 0.15) is 72.2 Å². The Balaban J connectivity index is 1.12. The van der Waals surface area contributed by atoms with E-state index in [0.717, 1.165) is 35.3 Å². The Morgan fingerprint density at radius 2 is 1.88 bits per heavy atom. The summed E-state index contributed by atoms with van der Waals surface area (Å²) in [6.45, 7) is 2.92. The van der Waals surface area contributed by atoms with Crippen LogP contribution >= 0.6 is 0 Å². The minimum Gasteiger partial charge on any atom is -0.472 e. The summed E-state index contributed by atoms with van der Waals surface area (Å²) in [7, 11) is 0. The van der Waals surface area contributed by atoms with Crippen molar-refractivity contribution in [3.63, 3.8) is 0 Å². The molecule has 3 heterocycles. The van der Waals surface area contributed by atoms with E-state index in [2.05, 4.69) is 15.2 Å². The van der Waals surface area contributed by atoms with Gasteiger partial charge in [0.15, 0.2) is 0 Å². The molecule has 10 heteroatoms. The summed E-state index contributed by atoms with van der Waals surface area (Å²) in [5.74, 6) is 0.242. The van der Waals surface area contributed by atoms with Crippen LogP contribution in [0.2, 0.25) is 0 Å². The Labute approximate surface area is 244 Å². The minimum absolute atomic E-state index is 0.175. The van der Waals surface area contributed by atoms with Crippen molar-refractivity contribution < 1.29 is 23.5 Å². The van der Waals surface area contributed by atoms with Crippen molar-refractivity contribution >= 4 is 34.6 Å². The molecule has 1 unspecified atom stereocenters. The molecule has 2 aromatic carbocycles. The summed E-state index contributed by atoms with van der Waals surface area (Å²) in [6, 6.07) is 14.2. The number of aromatic nitrogens is 2. The highest BCUT2D eigenvalue weighted by molar-refractivity contribution is 5.98. The highest BCUT2D eigenvalue weighted by Crippen LogP contribution is 2.36. The van der Waals surface area contributed by atoms with Gasteiger partial charge in [0, 0.05) is 36.4 Å². The van der Waals surface area contributed by atoms with Crippen molar-refractivity contribution in [1.29, 1.82) is 0 Å². The number of carbonyl (C=O) groups excluding carboxylic acids is 3. The standard InChI is InChI=1S/C32H35N5O5/c1-2-42-31(39)22-7-6-8-24(17-22)34-32(40)36-15-13-25(19-36)33-30(38)21-11-12-28-27(18-21)35-29(23-14-16-41-20-23)37(28)26-9-4-3-5-10-26/h6-8,11-12,14,16-18,20,25-26H,2-5,9-10,13,15,19H2,1H3,(H,33,38)(H,34,40). The molecule has 42 heavy (non-hydrogen) atoms. The SMILES string of the molecule is CCOC(=O)c1cccc(NC(=O)N2CCC(NC(=O)c3ccc4c(c3)nc(-c3ccoc3)n4C3CCCCC3)C2)c1. The molecular weight excluding hydrogens is 534 g/mol. The summed E-state index contributed by atoms with van der Waals surface area (Å²) in [5, 5.41) is 5.93. The molecule has 1 atom stereocenters. The summed E-state index contributed by atoms with van der Waals surface area (Å²) in [5.41, 5.74) is 4.15. The molecule has 0 spiro atoms. The Hall–Kier alpha value is -4.60. The maximum Gasteiger partial charge on any atom is 0.338 e. The number of hydrogen-bond donors (Lipinski definition) is 2. The number of carbonyl (C=O) groups is 3. The van der Waals surface area contributed by atoms with E-state index in [1.54, 1.807) is 48.6 Å². The lowest BCUT2D eigenvalue weighted by molar-refractivity contribution is 0.0526. The number of fused-ring (bicyclic) bond motifs is 1.